The van der Waals surface area contributed by atoms with E-state index < -0.39 is 12.2 Å². The molecule has 1 fully saturated rings. The van der Waals surface area contributed by atoms with Crippen molar-refractivity contribution in [1.29, 1.82) is 0 Å². The zero-order valence-corrected chi connectivity index (χ0v) is 10.9. The molecule has 1 aliphatic heterocycles. The molecule has 5 nitrogen and oxygen atoms in total. The van der Waals surface area contributed by atoms with Crippen molar-refractivity contribution < 1.29 is 15.0 Å². The van der Waals surface area contributed by atoms with Crippen LogP contribution in [0.15, 0.2) is 0 Å². The third kappa shape index (κ3) is 3.66. The number of β-amino-alcohol motifs (C(OH)–C–C–N with tert-alkyl or cyclic N) is 2. The van der Waals surface area contributed by atoms with Gasteiger partial charge in [0, 0.05) is 19.1 Å². The summed E-state index contributed by atoms with van der Waals surface area (Å²) in [5, 5.41) is 21.9. The van der Waals surface area contributed by atoms with Gasteiger partial charge in [-0.2, -0.15) is 0 Å². The topological polar surface area (TPSA) is 72.8 Å². The minimum atomic E-state index is -0.738. The van der Waals surface area contributed by atoms with Gasteiger partial charge in [0.25, 0.3) is 0 Å². The van der Waals surface area contributed by atoms with Crippen molar-refractivity contribution in [3.05, 3.63) is 0 Å². The Labute approximate surface area is 103 Å². The largest absolute Gasteiger partial charge is 0.389 e. The average Bonchev–Trinajstić information content (AvgIpc) is 2.65. The average molecular weight is 244 g/mol. The number of carbonyl (C=O) groups excluding carboxylic acids is 1. The number of nitrogens with one attached hydrogen (secondary N) is 1. The summed E-state index contributed by atoms with van der Waals surface area (Å²) >= 11 is 0. The number of amides is 1. The van der Waals surface area contributed by atoms with Gasteiger partial charge in [0.05, 0.1) is 18.2 Å². The van der Waals surface area contributed by atoms with Gasteiger partial charge in [-0.15, -0.1) is 0 Å². The number of likely N-dealkylation sites (tertiary alicyclic amines) is 1. The number of rotatable bonds is 5. The Balaban J connectivity index is 2.47. The zero-order valence-electron chi connectivity index (χ0n) is 10.9. The summed E-state index contributed by atoms with van der Waals surface area (Å²) in [6.07, 6.45) is 0.359. The van der Waals surface area contributed by atoms with E-state index in [-0.39, 0.29) is 18.0 Å². The molecule has 1 aliphatic rings. The van der Waals surface area contributed by atoms with E-state index in [1.54, 1.807) is 0 Å². The predicted molar refractivity (Wildman–Crippen MR) is 65.6 cm³/mol. The maximum absolute atomic E-state index is 12.0. The lowest BCUT2D eigenvalue weighted by Gasteiger charge is -2.25. The van der Waals surface area contributed by atoms with Gasteiger partial charge < -0.3 is 15.5 Å². The van der Waals surface area contributed by atoms with Crippen molar-refractivity contribution in [2.75, 3.05) is 13.1 Å². The van der Waals surface area contributed by atoms with Gasteiger partial charge in [0.1, 0.15) is 0 Å². The van der Waals surface area contributed by atoms with Crippen molar-refractivity contribution in [3.8, 4) is 0 Å². The summed E-state index contributed by atoms with van der Waals surface area (Å²) in [6.45, 7) is 6.62. The summed E-state index contributed by atoms with van der Waals surface area (Å²) in [4.78, 5) is 13.8. The fraction of sp³-hybridized carbons (Fsp3) is 0.917. The summed E-state index contributed by atoms with van der Waals surface area (Å²) in [6, 6.07) is -0.0928. The van der Waals surface area contributed by atoms with Gasteiger partial charge in [-0.05, 0) is 19.8 Å². The molecule has 5 heteroatoms. The molecule has 3 atom stereocenters. The molecule has 1 amide bonds. The Morgan fingerprint density at radius 2 is 1.76 bits per heavy atom. The van der Waals surface area contributed by atoms with Crippen LogP contribution in [0.1, 0.15) is 33.6 Å². The van der Waals surface area contributed by atoms with Gasteiger partial charge in [-0.1, -0.05) is 13.8 Å². The van der Waals surface area contributed by atoms with E-state index in [0.29, 0.717) is 13.1 Å². The number of aliphatic hydroxyl groups is 2. The maximum atomic E-state index is 12.0. The Morgan fingerprint density at radius 3 is 2.18 bits per heavy atom. The molecule has 0 aromatic carbocycles. The van der Waals surface area contributed by atoms with E-state index in [9.17, 15) is 15.0 Å². The first kappa shape index (κ1) is 14.4. The fourth-order valence-corrected chi connectivity index (χ4v) is 2.10. The number of carbonyl (C=O) groups is 1. The van der Waals surface area contributed by atoms with E-state index in [2.05, 4.69) is 5.32 Å². The summed E-state index contributed by atoms with van der Waals surface area (Å²) in [5.74, 6) is -0.0278. The highest BCUT2D eigenvalue weighted by atomic mass is 16.3. The molecular formula is C12H24N2O3. The lowest BCUT2D eigenvalue weighted by Crippen LogP contribution is -2.47. The molecule has 1 rings (SSSR count). The van der Waals surface area contributed by atoms with E-state index in [0.717, 1.165) is 12.8 Å². The summed E-state index contributed by atoms with van der Waals surface area (Å²) < 4.78 is 0. The van der Waals surface area contributed by atoms with E-state index in [1.165, 1.54) is 0 Å². The Bertz CT molecular complexity index is 246. The van der Waals surface area contributed by atoms with Gasteiger partial charge in [-0.25, -0.2) is 0 Å². The smallest absolute Gasteiger partial charge is 0.237 e. The van der Waals surface area contributed by atoms with E-state index in [1.807, 2.05) is 25.7 Å². The second-order valence-electron chi connectivity index (χ2n) is 4.79. The van der Waals surface area contributed by atoms with Crippen molar-refractivity contribution in [1.82, 2.24) is 10.2 Å². The van der Waals surface area contributed by atoms with Crippen LogP contribution in [0.3, 0.4) is 0 Å². The maximum Gasteiger partial charge on any atom is 0.237 e. The van der Waals surface area contributed by atoms with Crippen molar-refractivity contribution in [2.45, 2.75) is 57.9 Å². The van der Waals surface area contributed by atoms with E-state index in [4.69, 9.17) is 0 Å². The molecule has 3 N–H and O–H groups in total. The number of hydrogen-bond acceptors (Lipinski definition) is 4. The molecule has 3 unspecified atom stereocenters. The third-order valence-corrected chi connectivity index (χ3v) is 3.55. The monoisotopic (exact) mass is 244 g/mol. The van der Waals surface area contributed by atoms with Crippen LogP contribution in [0.4, 0.5) is 0 Å². The van der Waals surface area contributed by atoms with Crippen LogP contribution in [0, 0.1) is 0 Å². The van der Waals surface area contributed by atoms with Crippen LogP contribution in [-0.4, -0.2) is 58.4 Å². The van der Waals surface area contributed by atoms with Gasteiger partial charge in [-0.3, -0.25) is 9.69 Å². The SMILES string of the molecule is CCC(CC)NC(=O)C(C)N1CC(O)C(O)C1. The molecule has 0 radical (unpaired) electrons. The number of hydrogen-bond donors (Lipinski definition) is 3. The Hall–Kier alpha value is -0.650. The molecule has 0 spiro atoms. The van der Waals surface area contributed by atoms with Crippen molar-refractivity contribution >= 4 is 5.91 Å². The van der Waals surface area contributed by atoms with Crippen molar-refractivity contribution in [2.24, 2.45) is 0 Å². The third-order valence-electron chi connectivity index (χ3n) is 3.55. The highest BCUT2D eigenvalue weighted by Crippen LogP contribution is 2.13. The molecule has 0 aliphatic carbocycles. The molecule has 0 aromatic rings. The lowest BCUT2D eigenvalue weighted by molar-refractivity contribution is -0.126. The molecule has 0 aromatic heterocycles. The van der Waals surface area contributed by atoms with Crippen LogP contribution in [0.2, 0.25) is 0 Å². The van der Waals surface area contributed by atoms with Crippen LogP contribution in [-0.2, 0) is 4.79 Å². The number of nitrogens with zero attached hydrogens (tertiary/aromatic N) is 1. The quantitative estimate of drug-likeness (QED) is 0.622. The summed E-state index contributed by atoms with van der Waals surface area (Å²) in [5.41, 5.74) is 0. The van der Waals surface area contributed by atoms with Crippen LogP contribution in [0.25, 0.3) is 0 Å². The first-order chi connectivity index (χ1) is 7.99. The molecule has 17 heavy (non-hydrogen) atoms. The predicted octanol–water partition coefficient (Wildman–Crippen LogP) is -0.283. The normalized spacial score (nSPS) is 27.4. The summed E-state index contributed by atoms with van der Waals surface area (Å²) in [7, 11) is 0. The first-order valence-electron chi connectivity index (χ1n) is 6.40. The van der Waals surface area contributed by atoms with Crippen LogP contribution < -0.4 is 5.32 Å². The number of aliphatic hydroxyl groups excluding tert-OH is 2. The molecule has 100 valence electrons. The first-order valence-corrected chi connectivity index (χ1v) is 6.40. The van der Waals surface area contributed by atoms with Gasteiger partial charge >= 0.3 is 0 Å². The fourth-order valence-electron chi connectivity index (χ4n) is 2.10. The molecule has 0 bridgehead atoms. The molecule has 1 saturated heterocycles. The second-order valence-corrected chi connectivity index (χ2v) is 4.79. The minimum absolute atomic E-state index is 0.0278. The van der Waals surface area contributed by atoms with E-state index >= 15 is 0 Å². The van der Waals surface area contributed by atoms with Crippen molar-refractivity contribution in [3.63, 3.8) is 0 Å². The molecule has 0 saturated carbocycles. The lowest BCUT2D eigenvalue weighted by atomic mass is 10.1. The van der Waals surface area contributed by atoms with Crippen LogP contribution >= 0.6 is 0 Å². The minimum Gasteiger partial charge on any atom is -0.389 e. The highest BCUT2D eigenvalue weighted by molar-refractivity contribution is 5.81. The zero-order chi connectivity index (χ0) is 13.0. The second kappa shape index (κ2) is 6.33. The Kier molecular flexibility index (Phi) is 5.36. The van der Waals surface area contributed by atoms with Gasteiger partial charge in [0.15, 0.2) is 0 Å². The van der Waals surface area contributed by atoms with Gasteiger partial charge in [0.2, 0.25) is 5.91 Å². The van der Waals surface area contributed by atoms with Crippen LogP contribution in [0.5, 0.6) is 0 Å². The standard InChI is InChI=1S/C12H24N2O3/c1-4-9(5-2)13-12(17)8(3)14-6-10(15)11(16)7-14/h8-11,15-16H,4-7H2,1-3H3,(H,13,17). The molecular weight excluding hydrogens is 220 g/mol. The molecule has 1 heterocycles. The highest BCUT2D eigenvalue weighted by Gasteiger charge is 2.34. The Morgan fingerprint density at radius 1 is 1.29 bits per heavy atom.